The molecule has 0 radical (unpaired) electrons. The number of hydrogen-bond acceptors (Lipinski definition) is 5. The van der Waals surface area contributed by atoms with E-state index >= 15 is 0 Å². The number of carbonyl (C=O) groups is 2. The second-order valence-electron chi connectivity index (χ2n) is 4.36. The van der Waals surface area contributed by atoms with E-state index < -0.39 is 17.6 Å². The molecule has 0 atom stereocenters. The maximum Gasteiger partial charge on any atom is 0.357 e. The molecule has 0 spiro atoms. The molecule has 0 aliphatic carbocycles. The number of benzene rings is 1. The average molecular weight is 302 g/mol. The second-order valence-corrected chi connectivity index (χ2v) is 4.36. The van der Waals surface area contributed by atoms with Crippen LogP contribution in [0.25, 0.3) is 0 Å². The first-order valence-electron chi connectivity index (χ1n) is 6.32. The smallest absolute Gasteiger partial charge is 0.357 e. The molecule has 22 heavy (non-hydrogen) atoms. The second kappa shape index (κ2) is 6.53. The van der Waals surface area contributed by atoms with Crippen molar-refractivity contribution in [1.29, 1.82) is 0 Å². The van der Waals surface area contributed by atoms with Crippen LogP contribution in [-0.4, -0.2) is 28.7 Å². The summed E-state index contributed by atoms with van der Waals surface area (Å²) in [6, 6.07) is 9.25. The minimum atomic E-state index is -0.893. The summed E-state index contributed by atoms with van der Waals surface area (Å²) >= 11 is 0. The molecule has 114 valence electrons. The van der Waals surface area contributed by atoms with Crippen LogP contribution in [0.2, 0.25) is 0 Å². The van der Waals surface area contributed by atoms with Crippen LogP contribution in [0.3, 0.4) is 0 Å². The molecule has 0 unspecified atom stereocenters. The Bertz CT molecular complexity index is 755. The number of carbonyl (C=O) groups excluding carboxylic acids is 2. The Hall–Kier alpha value is -3.16. The highest BCUT2D eigenvalue weighted by Gasteiger charge is 2.15. The maximum atomic E-state index is 12.2. The quantitative estimate of drug-likeness (QED) is 0.801. The number of amides is 2. The first kappa shape index (κ1) is 15.2. The number of primary amides is 1. The van der Waals surface area contributed by atoms with Crippen molar-refractivity contribution in [2.45, 2.75) is 6.54 Å². The van der Waals surface area contributed by atoms with Gasteiger partial charge in [-0.25, -0.2) is 14.6 Å². The number of esters is 1. The average Bonchev–Trinajstić information content (AvgIpc) is 2.50. The number of nitrogens with one attached hydrogen (secondary N) is 1. The predicted molar refractivity (Wildman–Crippen MR) is 78.6 cm³/mol. The highest BCUT2D eigenvalue weighted by molar-refractivity contribution is 5.89. The lowest BCUT2D eigenvalue weighted by Gasteiger charge is -2.12. The lowest BCUT2D eigenvalue weighted by atomic mass is 10.2. The van der Waals surface area contributed by atoms with Crippen LogP contribution in [0, 0.1) is 0 Å². The van der Waals surface area contributed by atoms with Crippen LogP contribution in [0.4, 0.5) is 10.7 Å². The fourth-order valence-electron chi connectivity index (χ4n) is 1.84. The van der Waals surface area contributed by atoms with Crippen molar-refractivity contribution in [2.75, 3.05) is 12.4 Å². The molecule has 2 amide bonds. The zero-order valence-electron chi connectivity index (χ0n) is 11.8. The fourth-order valence-corrected chi connectivity index (χ4v) is 1.84. The SMILES string of the molecule is COC(=O)c1cc(=O)n(Cc2ccccc2)c(NC(N)=O)n1. The van der Waals surface area contributed by atoms with Gasteiger partial charge in [0, 0.05) is 6.07 Å². The number of methoxy groups -OCH3 is 1. The summed E-state index contributed by atoms with van der Waals surface area (Å²) in [5.41, 5.74) is 5.18. The van der Waals surface area contributed by atoms with Gasteiger partial charge >= 0.3 is 12.0 Å². The Labute approximate surface area is 125 Å². The summed E-state index contributed by atoms with van der Waals surface area (Å²) in [7, 11) is 1.17. The lowest BCUT2D eigenvalue weighted by molar-refractivity contribution is 0.0593. The third-order valence-corrected chi connectivity index (χ3v) is 2.82. The molecule has 0 aliphatic rings. The largest absolute Gasteiger partial charge is 0.464 e. The number of anilines is 1. The lowest BCUT2D eigenvalue weighted by Crippen LogP contribution is -2.31. The molecule has 2 aromatic rings. The number of ether oxygens (including phenoxy) is 1. The number of nitrogens with zero attached hydrogens (tertiary/aromatic N) is 2. The van der Waals surface area contributed by atoms with E-state index in [4.69, 9.17) is 5.73 Å². The van der Waals surface area contributed by atoms with E-state index in [1.165, 1.54) is 11.7 Å². The van der Waals surface area contributed by atoms with Crippen LogP contribution in [0.5, 0.6) is 0 Å². The zero-order valence-corrected chi connectivity index (χ0v) is 11.8. The van der Waals surface area contributed by atoms with Gasteiger partial charge in [-0.15, -0.1) is 0 Å². The van der Waals surface area contributed by atoms with E-state index in [1.54, 1.807) is 0 Å². The zero-order chi connectivity index (χ0) is 16.1. The first-order chi connectivity index (χ1) is 10.5. The van der Waals surface area contributed by atoms with E-state index in [0.29, 0.717) is 0 Å². The standard InChI is InChI=1S/C14H14N4O4/c1-22-12(20)10-7-11(19)18(14(16-10)17-13(15)21)8-9-5-3-2-4-6-9/h2-7H,8H2,1H3,(H3,15,16,17,21). The predicted octanol–water partition coefficient (Wildman–Crippen LogP) is 0.569. The third-order valence-electron chi connectivity index (χ3n) is 2.82. The van der Waals surface area contributed by atoms with Gasteiger partial charge in [0.2, 0.25) is 5.95 Å². The van der Waals surface area contributed by atoms with Crippen LogP contribution in [0.15, 0.2) is 41.2 Å². The monoisotopic (exact) mass is 302 g/mol. The van der Waals surface area contributed by atoms with Gasteiger partial charge in [0.25, 0.3) is 5.56 Å². The van der Waals surface area contributed by atoms with Gasteiger partial charge in [0.15, 0.2) is 5.69 Å². The summed E-state index contributed by atoms with van der Waals surface area (Å²) < 4.78 is 5.72. The van der Waals surface area contributed by atoms with Gasteiger partial charge in [-0.3, -0.25) is 14.7 Å². The van der Waals surface area contributed by atoms with E-state index in [1.807, 2.05) is 30.3 Å². The Kier molecular flexibility index (Phi) is 4.52. The molecular weight excluding hydrogens is 288 g/mol. The molecule has 2 rings (SSSR count). The van der Waals surface area contributed by atoms with Crippen molar-refractivity contribution >= 4 is 17.9 Å². The molecule has 3 N–H and O–H groups in total. The molecule has 0 fully saturated rings. The topological polar surface area (TPSA) is 116 Å². The Morgan fingerprint density at radius 3 is 2.59 bits per heavy atom. The van der Waals surface area contributed by atoms with Gasteiger partial charge < -0.3 is 10.5 Å². The van der Waals surface area contributed by atoms with Crippen molar-refractivity contribution < 1.29 is 14.3 Å². The Morgan fingerprint density at radius 2 is 2.00 bits per heavy atom. The minimum Gasteiger partial charge on any atom is -0.464 e. The number of rotatable bonds is 4. The van der Waals surface area contributed by atoms with Gasteiger partial charge in [-0.1, -0.05) is 30.3 Å². The van der Waals surface area contributed by atoms with Crippen molar-refractivity contribution in [3.63, 3.8) is 0 Å². The van der Waals surface area contributed by atoms with Gasteiger partial charge in [-0.05, 0) is 5.56 Å². The normalized spacial score (nSPS) is 10.0. The van der Waals surface area contributed by atoms with E-state index in [9.17, 15) is 14.4 Å². The minimum absolute atomic E-state index is 0.121. The number of hydrogen-bond donors (Lipinski definition) is 2. The molecule has 1 aromatic carbocycles. The van der Waals surface area contributed by atoms with E-state index in [0.717, 1.165) is 11.6 Å². The summed E-state index contributed by atoms with van der Waals surface area (Å²) in [5.74, 6) is -0.902. The summed E-state index contributed by atoms with van der Waals surface area (Å²) in [5, 5.41) is 2.24. The van der Waals surface area contributed by atoms with Crippen LogP contribution >= 0.6 is 0 Å². The number of nitrogens with two attached hydrogens (primary N) is 1. The number of aromatic nitrogens is 2. The van der Waals surface area contributed by atoms with Crippen LogP contribution in [0.1, 0.15) is 16.1 Å². The first-order valence-corrected chi connectivity index (χ1v) is 6.32. The summed E-state index contributed by atoms with van der Waals surface area (Å²) in [4.78, 5) is 38.7. The van der Waals surface area contributed by atoms with Gasteiger partial charge in [0.05, 0.1) is 13.7 Å². The Morgan fingerprint density at radius 1 is 1.32 bits per heavy atom. The summed E-state index contributed by atoms with van der Waals surface area (Å²) in [6.45, 7) is 0.170. The van der Waals surface area contributed by atoms with Crippen molar-refractivity contribution in [3.8, 4) is 0 Å². The van der Waals surface area contributed by atoms with Crippen LogP contribution < -0.4 is 16.6 Å². The number of urea groups is 1. The fraction of sp³-hybridized carbons (Fsp3) is 0.143. The molecule has 1 aromatic heterocycles. The highest BCUT2D eigenvalue weighted by atomic mass is 16.5. The van der Waals surface area contributed by atoms with Crippen molar-refractivity contribution in [2.24, 2.45) is 5.73 Å². The highest BCUT2D eigenvalue weighted by Crippen LogP contribution is 2.08. The third kappa shape index (κ3) is 3.48. The van der Waals surface area contributed by atoms with Crippen molar-refractivity contribution in [3.05, 3.63) is 58.0 Å². The van der Waals surface area contributed by atoms with Crippen LogP contribution in [-0.2, 0) is 11.3 Å². The molecule has 1 heterocycles. The van der Waals surface area contributed by atoms with Gasteiger partial charge in [-0.2, -0.15) is 0 Å². The molecule has 0 aliphatic heterocycles. The van der Waals surface area contributed by atoms with E-state index in [2.05, 4.69) is 15.0 Å². The molecular formula is C14H14N4O4. The Balaban J connectivity index is 2.49. The van der Waals surface area contributed by atoms with Gasteiger partial charge in [0.1, 0.15) is 0 Å². The molecule has 0 saturated carbocycles. The molecule has 8 nitrogen and oxygen atoms in total. The molecule has 0 bridgehead atoms. The molecule has 0 saturated heterocycles. The van der Waals surface area contributed by atoms with E-state index in [-0.39, 0.29) is 18.2 Å². The maximum absolute atomic E-state index is 12.2. The summed E-state index contributed by atoms with van der Waals surface area (Å²) in [6.07, 6.45) is 0. The van der Waals surface area contributed by atoms with Crippen molar-refractivity contribution in [1.82, 2.24) is 9.55 Å². The molecule has 8 heteroatoms.